The molecule has 190 valence electrons. The summed E-state index contributed by atoms with van der Waals surface area (Å²) in [5, 5.41) is 11.2. The van der Waals surface area contributed by atoms with E-state index in [1.54, 1.807) is 37.3 Å². The lowest BCUT2D eigenvalue weighted by atomic mass is 9.93. The molecule has 0 aliphatic carbocycles. The lowest BCUT2D eigenvalue weighted by molar-refractivity contribution is -0.146. The number of carbonyl (C=O) groups is 2. The quantitative estimate of drug-likeness (QED) is 0.388. The zero-order chi connectivity index (χ0) is 26.0. The standard InChI is InChI=1S/C27H26FN5O4/c1-3-27(2,26(35)29-20-12-13-23-24(14-20)37-17-36-23)32(15-18-8-10-19(28)11-9-18)25(34)16-33-22-7-5-4-6-21(22)30-31-33/h4-14H,3,15-17H2,1-2H3,(H,29,35)/t27-/m1/s1. The molecule has 4 aromatic rings. The molecule has 2 amide bonds. The molecule has 10 heteroatoms. The first-order valence-electron chi connectivity index (χ1n) is 11.9. The number of amides is 2. The number of ether oxygens (including phenoxy) is 2. The molecule has 9 nitrogen and oxygen atoms in total. The van der Waals surface area contributed by atoms with Crippen LogP contribution in [0.5, 0.6) is 11.5 Å². The van der Waals surface area contributed by atoms with Gasteiger partial charge in [-0.3, -0.25) is 9.59 Å². The van der Waals surface area contributed by atoms with Gasteiger partial charge in [-0.05, 0) is 55.3 Å². The molecular weight excluding hydrogens is 477 g/mol. The summed E-state index contributed by atoms with van der Waals surface area (Å²) >= 11 is 0. The van der Waals surface area contributed by atoms with Crippen LogP contribution in [0.2, 0.25) is 0 Å². The van der Waals surface area contributed by atoms with Crippen molar-refractivity contribution in [1.82, 2.24) is 19.9 Å². The number of rotatable bonds is 8. The number of carbonyl (C=O) groups excluding carboxylic acids is 2. The van der Waals surface area contributed by atoms with Gasteiger partial charge in [-0.1, -0.05) is 36.4 Å². The Hall–Kier alpha value is -4.47. The van der Waals surface area contributed by atoms with Crippen molar-refractivity contribution in [1.29, 1.82) is 0 Å². The number of hydrogen-bond donors (Lipinski definition) is 1. The fourth-order valence-electron chi connectivity index (χ4n) is 4.27. The summed E-state index contributed by atoms with van der Waals surface area (Å²) in [6, 6.07) is 18.3. The summed E-state index contributed by atoms with van der Waals surface area (Å²) in [6.45, 7) is 3.67. The number of aromatic nitrogens is 3. The van der Waals surface area contributed by atoms with Gasteiger partial charge in [0.1, 0.15) is 23.4 Å². The maximum Gasteiger partial charge on any atom is 0.250 e. The third-order valence-electron chi connectivity index (χ3n) is 6.66. The molecule has 1 atom stereocenters. The highest BCUT2D eigenvalue weighted by molar-refractivity contribution is 6.00. The minimum Gasteiger partial charge on any atom is -0.454 e. The number of halogens is 1. The van der Waals surface area contributed by atoms with E-state index in [0.717, 1.165) is 0 Å². The van der Waals surface area contributed by atoms with E-state index in [4.69, 9.17) is 9.47 Å². The van der Waals surface area contributed by atoms with Gasteiger partial charge < -0.3 is 19.7 Å². The van der Waals surface area contributed by atoms with Crippen molar-refractivity contribution in [2.75, 3.05) is 12.1 Å². The largest absolute Gasteiger partial charge is 0.454 e. The first-order valence-corrected chi connectivity index (χ1v) is 11.9. The van der Waals surface area contributed by atoms with Crippen molar-refractivity contribution in [3.05, 3.63) is 78.1 Å². The van der Waals surface area contributed by atoms with Crippen LogP contribution in [0.4, 0.5) is 10.1 Å². The average molecular weight is 504 g/mol. The summed E-state index contributed by atoms with van der Waals surface area (Å²) < 4.78 is 25.8. The van der Waals surface area contributed by atoms with Crippen molar-refractivity contribution >= 4 is 28.5 Å². The van der Waals surface area contributed by atoms with Gasteiger partial charge >= 0.3 is 0 Å². The molecule has 1 aliphatic heterocycles. The van der Waals surface area contributed by atoms with Crippen molar-refractivity contribution in [3.8, 4) is 11.5 Å². The first-order chi connectivity index (χ1) is 17.9. The number of nitrogens with zero attached hydrogens (tertiary/aromatic N) is 4. The molecule has 37 heavy (non-hydrogen) atoms. The Kier molecular flexibility index (Phi) is 6.47. The Labute approximate surface area is 212 Å². The van der Waals surface area contributed by atoms with Crippen molar-refractivity contribution in [2.45, 2.75) is 38.9 Å². The molecule has 0 radical (unpaired) electrons. The van der Waals surface area contributed by atoms with Gasteiger partial charge in [0.25, 0.3) is 0 Å². The molecule has 0 spiro atoms. The summed E-state index contributed by atoms with van der Waals surface area (Å²) in [6.07, 6.45) is 0.328. The van der Waals surface area contributed by atoms with E-state index in [2.05, 4.69) is 15.6 Å². The first kappa shape index (κ1) is 24.2. The average Bonchev–Trinajstić information content (AvgIpc) is 3.54. The van der Waals surface area contributed by atoms with E-state index in [-0.39, 0.29) is 37.5 Å². The molecule has 1 aliphatic rings. The van der Waals surface area contributed by atoms with Gasteiger partial charge in [-0.15, -0.1) is 5.10 Å². The summed E-state index contributed by atoms with van der Waals surface area (Å²) in [4.78, 5) is 29.0. The third-order valence-corrected chi connectivity index (χ3v) is 6.66. The van der Waals surface area contributed by atoms with Gasteiger partial charge in [-0.25, -0.2) is 9.07 Å². The van der Waals surface area contributed by atoms with Crippen LogP contribution in [-0.4, -0.2) is 44.0 Å². The normalized spacial score (nSPS) is 13.8. The second kappa shape index (κ2) is 9.88. The lowest BCUT2D eigenvalue weighted by Gasteiger charge is -2.39. The highest BCUT2D eigenvalue weighted by Gasteiger charge is 2.41. The summed E-state index contributed by atoms with van der Waals surface area (Å²) in [7, 11) is 0. The van der Waals surface area contributed by atoms with Crippen LogP contribution in [0.15, 0.2) is 66.7 Å². The maximum absolute atomic E-state index is 13.8. The van der Waals surface area contributed by atoms with E-state index in [9.17, 15) is 14.0 Å². The van der Waals surface area contributed by atoms with Crippen molar-refractivity contribution in [3.63, 3.8) is 0 Å². The zero-order valence-corrected chi connectivity index (χ0v) is 20.5. The molecule has 0 saturated carbocycles. The lowest BCUT2D eigenvalue weighted by Crippen LogP contribution is -2.57. The molecule has 5 rings (SSSR count). The molecule has 3 aromatic carbocycles. The minimum atomic E-state index is -1.24. The van der Waals surface area contributed by atoms with Gasteiger partial charge in [0.05, 0.1) is 5.52 Å². The molecule has 0 bridgehead atoms. The second-order valence-corrected chi connectivity index (χ2v) is 8.99. The fraction of sp³-hybridized carbons (Fsp3) is 0.259. The molecule has 0 saturated heterocycles. The number of para-hydroxylation sites is 1. The van der Waals surface area contributed by atoms with E-state index in [1.807, 2.05) is 31.2 Å². The minimum absolute atomic E-state index is 0.102. The van der Waals surface area contributed by atoms with Gasteiger partial charge in [-0.2, -0.15) is 0 Å². The topological polar surface area (TPSA) is 98.6 Å². The number of nitrogens with one attached hydrogen (secondary N) is 1. The molecule has 1 aromatic heterocycles. The van der Waals surface area contributed by atoms with Crippen LogP contribution in [0.25, 0.3) is 11.0 Å². The Balaban J connectivity index is 1.45. The second-order valence-electron chi connectivity index (χ2n) is 8.99. The van der Waals surface area contributed by atoms with E-state index in [0.29, 0.717) is 40.2 Å². The molecule has 0 fully saturated rings. The zero-order valence-electron chi connectivity index (χ0n) is 20.5. The maximum atomic E-state index is 13.8. The third kappa shape index (κ3) is 4.82. The SMILES string of the molecule is CC[C@](C)(C(=O)Nc1ccc2c(c1)OCO2)N(Cc1ccc(F)cc1)C(=O)Cn1nnc2ccccc21. The Morgan fingerprint density at radius 2 is 1.84 bits per heavy atom. The number of hydrogen-bond acceptors (Lipinski definition) is 6. The molecular formula is C27H26FN5O4. The van der Waals surface area contributed by atoms with Crippen LogP contribution >= 0.6 is 0 Å². The highest BCUT2D eigenvalue weighted by atomic mass is 19.1. The number of benzene rings is 3. The Morgan fingerprint density at radius 3 is 2.62 bits per heavy atom. The molecule has 2 heterocycles. The number of anilines is 1. The predicted molar refractivity (Wildman–Crippen MR) is 134 cm³/mol. The van der Waals surface area contributed by atoms with E-state index >= 15 is 0 Å². The Morgan fingerprint density at radius 1 is 1.08 bits per heavy atom. The van der Waals surface area contributed by atoms with Gasteiger partial charge in [0.2, 0.25) is 18.6 Å². The van der Waals surface area contributed by atoms with Crippen molar-refractivity contribution in [2.24, 2.45) is 0 Å². The van der Waals surface area contributed by atoms with Crippen LogP contribution in [0, 0.1) is 5.82 Å². The van der Waals surface area contributed by atoms with Crippen LogP contribution < -0.4 is 14.8 Å². The summed E-state index contributed by atoms with van der Waals surface area (Å²) in [5.74, 6) is 0.0604. The molecule has 1 N–H and O–H groups in total. The van der Waals surface area contributed by atoms with Crippen LogP contribution in [0.1, 0.15) is 25.8 Å². The molecule has 0 unspecified atom stereocenters. The van der Waals surface area contributed by atoms with E-state index < -0.39 is 5.54 Å². The van der Waals surface area contributed by atoms with Crippen LogP contribution in [0.3, 0.4) is 0 Å². The Bertz CT molecular complexity index is 1450. The van der Waals surface area contributed by atoms with Crippen molar-refractivity contribution < 1.29 is 23.5 Å². The van der Waals surface area contributed by atoms with Gasteiger partial charge in [0.15, 0.2) is 11.5 Å². The summed E-state index contributed by atoms with van der Waals surface area (Å²) in [5.41, 5.74) is 1.34. The fourth-order valence-corrected chi connectivity index (χ4v) is 4.27. The van der Waals surface area contributed by atoms with E-state index in [1.165, 1.54) is 21.7 Å². The highest BCUT2D eigenvalue weighted by Crippen LogP contribution is 2.35. The monoisotopic (exact) mass is 503 g/mol. The predicted octanol–water partition coefficient (Wildman–Crippen LogP) is 4.14. The smallest absolute Gasteiger partial charge is 0.250 e. The van der Waals surface area contributed by atoms with Crippen LogP contribution in [-0.2, 0) is 22.7 Å². The number of fused-ring (bicyclic) bond motifs is 2. The van der Waals surface area contributed by atoms with Gasteiger partial charge in [0, 0.05) is 18.3 Å².